The van der Waals surface area contributed by atoms with E-state index in [1.54, 1.807) is 6.92 Å². The first kappa shape index (κ1) is 18.1. The van der Waals surface area contributed by atoms with Gasteiger partial charge in [-0.15, -0.1) is 0 Å². The van der Waals surface area contributed by atoms with Gasteiger partial charge in [-0.2, -0.15) is 15.0 Å². The molecule has 0 radical (unpaired) electrons. The Labute approximate surface area is 172 Å². The number of aryl methyl sites for hydroxylation is 1. The number of amides is 1. The van der Waals surface area contributed by atoms with Crippen molar-refractivity contribution in [3.8, 4) is 11.1 Å². The smallest absolute Gasteiger partial charge is 0.416 e. The van der Waals surface area contributed by atoms with Gasteiger partial charge in [-0.1, -0.05) is 42.5 Å². The summed E-state index contributed by atoms with van der Waals surface area (Å²) in [5.74, 6) is 1.27. The lowest BCUT2D eigenvalue weighted by atomic mass is 10.0. The van der Waals surface area contributed by atoms with Crippen LogP contribution in [0.4, 0.5) is 16.7 Å². The van der Waals surface area contributed by atoms with E-state index in [0.717, 1.165) is 11.1 Å². The molecule has 2 aromatic heterocycles. The molecule has 5 rings (SSSR count). The molecule has 0 bridgehead atoms. The van der Waals surface area contributed by atoms with Crippen molar-refractivity contribution in [2.45, 2.75) is 13.5 Å². The number of benzene rings is 2. The van der Waals surface area contributed by atoms with Gasteiger partial charge in [-0.3, -0.25) is 0 Å². The predicted molar refractivity (Wildman–Crippen MR) is 114 cm³/mol. The Balaban J connectivity index is 1.35. The van der Waals surface area contributed by atoms with E-state index in [1.807, 2.05) is 24.4 Å². The molecular formula is C22H20N6O2. The lowest BCUT2D eigenvalue weighted by Crippen LogP contribution is -2.26. The number of hydrogen-bond acceptors (Lipinski definition) is 6. The molecular weight excluding hydrogens is 380 g/mol. The standard InChI is InChI=1S/C22H20N6O2/c1-14-25-20(27-21(26-14)28-9-10-30-22(28)29)24-12-15-7-8-17-18(13-23-19(17)11-15)16-5-3-2-4-6-16/h2-8,11,13,23H,9-10,12H2,1H3,(H,24,25,26,27). The number of carbonyl (C=O) groups excluding carboxylic acids is 1. The third-order valence-electron chi connectivity index (χ3n) is 5.02. The highest BCUT2D eigenvalue weighted by Crippen LogP contribution is 2.29. The van der Waals surface area contributed by atoms with Crippen molar-refractivity contribution in [2.75, 3.05) is 23.4 Å². The van der Waals surface area contributed by atoms with Crippen LogP contribution in [0, 0.1) is 6.92 Å². The maximum Gasteiger partial charge on any atom is 0.416 e. The maximum atomic E-state index is 11.8. The number of fused-ring (bicyclic) bond motifs is 1. The zero-order valence-electron chi connectivity index (χ0n) is 16.4. The van der Waals surface area contributed by atoms with Crippen LogP contribution in [0.5, 0.6) is 0 Å². The lowest BCUT2D eigenvalue weighted by molar-refractivity contribution is 0.181. The molecule has 150 valence electrons. The van der Waals surface area contributed by atoms with Crippen LogP contribution >= 0.6 is 0 Å². The van der Waals surface area contributed by atoms with Crippen molar-refractivity contribution in [3.05, 3.63) is 66.1 Å². The molecule has 0 aliphatic carbocycles. The summed E-state index contributed by atoms with van der Waals surface area (Å²) in [6.45, 7) is 3.10. The number of anilines is 2. The van der Waals surface area contributed by atoms with E-state index in [-0.39, 0.29) is 0 Å². The molecule has 0 atom stereocenters. The summed E-state index contributed by atoms with van der Waals surface area (Å²) in [4.78, 5) is 29.5. The van der Waals surface area contributed by atoms with E-state index in [2.05, 4.69) is 55.6 Å². The fourth-order valence-corrected chi connectivity index (χ4v) is 3.56. The molecule has 8 heteroatoms. The number of aromatic amines is 1. The van der Waals surface area contributed by atoms with Gasteiger partial charge in [0, 0.05) is 29.2 Å². The number of rotatable bonds is 5. The second kappa shape index (κ2) is 7.47. The molecule has 1 amide bonds. The Bertz CT molecular complexity index is 1220. The molecule has 2 N–H and O–H groups in total. The molecule has 0 spiro atoms. The summed E-state index contributed by atoms with van der Waals surface area (Å²) in [6.07, 6.45) is 1.60. The van der Waals surface area contributed by atoms with Crippen LogP contribution in [0.3, 0.4) is 0 Å². The predicted octanol–water partition coefficient (Wildman–Crippen LogP) is 3.90. The largest absolute Gasteiger partial charge is 0.447 e. The minimum absolute atomic E-state index is 0.305. The number of ether oxygens (including phenoxy) is 1. The van der Waals surface area contributed by atoms with Crippen molar-refractivity contribution >= 4 is 28.9 Å². The molecule has 1 aliphatic rings. The Morgan fingerprint density at radius 1 is 1.13 bits per heavy atom. The Morgan fingerprint density at radius 2 is 2.00 bits per heavy atom. The quantitative estimate of drug-likeness (QED) is 0.528. The average Bonchev–Trinajstić information content (AvgIpc) is 3.38. The normalized spacial score (nSPS) is 13.6. The molecule has 0 unspecified atom stereocenters. The number of cyclic esters (lactones) is 1. The fourth-order valence-electron chi connectivity index (χ4n) is 3.56. The third-order valence-corrected chi connectivity index (χ3v) is 5.02. The summed E-state index contributed by atoms with van der Waals surface area (Å²) < 4.78 is 4.97. The van der Waals surface area contributed by atoms with E-state index in [1.165, 1.54) is 21.4 Å². The van der Waals surface area contributed by atoms with E-state index in [0.29, 0.717) is 37.4 Å². The van der Waals surface area contributed by atoms with Crippen LogP contribution in [0.2, 0.25) is 0 Å². The van der Waals surface area contributed by atoms with Crippen molar-refractivity contribution < 1.29 is 9.53 Å². The Kier molecular flexibility index (Phi) is 4.51. The van der Waals surface area contributed by atoms with Crippen LogP contribution in [-0.2, 0) is 11.3 Å². The average molecular weight is 400 g/mol. The maximum absolute atomic E-state index is 11.8. The lowest BCUT2D eigenvalue weighted by Gasteiger charge is -2.12. The van der Waals surface area contributed by atoms with Gasteiger partial charge in [0.2, 0.25) is 11.9 Å². The number of nitrogens with zero attached hydrogens (tertiary/aromatic N) is 4. The highest BCUT2D eigenvalue weighted by Gasteiger charge is 2.26. The van der Waals surface area contributed by atoms with E-state index in [9.17, 15) is 4.79 Å². The summed E-state index contributed by atoms with van der Waals surface area (Å²) in [5, 5.41) is 4.41. The zero-order chi connectivity index (χ0) is 20.5. The molecule has 1 fully saturated rings. The summed E-state index contributed by atoms with van der Waals surface area (Å²) in [6, 6.07) is 16.6. The first-order chi connectivity index (χ1) is 14.7. The molecule has 2 aromatic carbocycles. The molecule has 1 saturated heterocycles. The number of nitrogens with one attached hydrogen (secondary N) is 2. The minimum Gasteiger partial charge on any atom is -0.447 e. The van der Waals surface area contributed by atoms with E-state index >= 15 is 0 Å². The molecule has 4 aromatic rings. The van der Waals surface area contributed by atoms with E-state index in [4.69, 9.17) is 4.74 Å². The van der Waals surface area contributed by atoms with Crippen LogP contribution in [-0.4, -0.2) is 39.2 Å². The highest BCUT2D eigenvalue weighted by molar-refractivity contribution is 5.95. The number of hydrogen-bond donors (Lipinski definition) is 2. The van der Waals surface area contributed by atoms with Crippen molar-refractivity contribution in [2.24, 2.45) is 0 Å². The second-order valence-electron chi connectivity index (χ2n) is 7.07. The topological polar surface area (TPSA) is 96.0 Å². The zero-order valence-corrected chi connectivity index (χ0v) is 16.4. The molecule has 8 nitrogen and oxygen atoms in total. The van der Waals surface area contributed by atoms with E-state index < -0.39 is 6.09 Å². The first-order valence-corrected chi connectivity index (χ1v) is 9.74. The molecule has 3 heterocycles. The van der Waals surface area contributed by atoms with Gasteiger partial charge in [-0.25, -0.2) is 9.69 Å². The van der Waals surface area contributed by atoms with Crippen LogP contribution in [0.25, 0.3) is 22.0 Å². The number of aromatic nitrogens is 4. The Morgan fingerprint density at radius 3 is 2.80 bits per heavy atom. The van der Waals surface area contributed by atoms with Gasteiger partial charge in [0.05, 0.1) is 6.54 Å². The number of H-pyrrole nitrogens is 1. The van der Waals surface area contributed by atoms with Gasteiger partial charge in [-0.05, 0) is 24.1 Å². The van der Waals surface area contributed by atoms with Gasteiger partial charge in [0.25, 0.3) is 0 Å². The van der Waals surface area contributed by atoms with Gasteiger partial charge < -0.3 is 15.0 Å². The third kappa shape index (κ3) is 3.43. The van der Waals surface area contributed by atoms with Crippen LogP contribution < -0.4 is 10.2 Å². The molecule has 0 saturated carbocycles. The second-order valence-corrected chi connectivity index (χ2v) is 7.07. The monoisotopic (exact) mass is 400 g/mol. The van der Waals surface area contributed by atoms with Crippen molar-refractivity contribution in [3.63, 3.8) is 0 Å². The minimum atomic E-state index is -0.432. The van der Waals surface area contributed by atoms with Gasteiger partial charge >= 0.3 is 6.09 Å². The van der Waals surface area contributed by atoms with Crippen LogP contribution in [0.1, 0.15) is 11.4 Å². The van der Waals surface area contributed by atoms with Gasteiger partial charge in [0.1, 0.15) is 12.4 Å². The van der Waals surface area contributed by atoms with Crippen molar-refractivity contribution in [1.29, 1.82) is 0 Å². The first-order valence-electron chi connectivity index (χ1n) is 9.74. The fraction of sp³-hybridized carbons (Fsp3) is 0.182. The van der Waals surface area contributed by atoms with Crippen LogP contribution in [0.15, 0.2) is 54.7 Å². The molecule has 30 heavy (non-hydrogen) atoms. The summed E-state index contributed by atoms with van der Waals surface area (Å²) in [7, 11) is 0. The highest BCUT2D eigenvalue weighted by atomic mass is 16.6. The Hall–Kier alpha value is -3.94. The van der Waals surface area contributed by atoms with Crippen molar-refractivity contribution in [1.82, 2.24) is 19.9 Å². The summed E-state index contributed by atoms with van der Waals surface area (Å²) >= 11 is 0. The SMILES string of the molecule is Cc1nc(NCc2ccc3c(-c4ccccc4)c[nH]c3c2)nc(N2CCOC2=O)n1. The molecule has 1 aliphatic heterocycles. The van der Waals surface area contributed by atoms with Gasteiger partial charge in [0.15, 0.2) is 0 Å². The summed E-state index contributed by atoms with van der Waals surface area (Å²) in [5.41, 5.74) is 4.52. The number of carbonyl (C=O) groups is 1.